The first kappa shape index (κ1) is 32.5. The lowest BCUT2D eigenvalue weighted by Gasteiger charge is -2.37. The Labute approximate surface area is 270 Å². The van der Waals surface area contributed by atoms with Crippen molar-refractivity contribution < 1.29 is 23.8 Å². The third kappa shape index (κ3) is 7.68. The first-order chi connectivity index (χ1) is 21.7. The number of nitrogens with zero attached hydrogens (tertiary/aromatic N) is 4. The Bertz CT molecular complexity index is 1480. The normalized spacial score (nSPS) is 19.7. The zero-order valence-electron chi connectivity index (χ0n) is 26.6. The lowest BCUT2D eigenvalue weighted by atomic mass is 9.85. The van der Waals surface area contributed by atoms with Crippen molar-refractivity contribution in [1.82, 2.24) is 15.3 Å². The van der Waals surface area contributed by atoms with Crippen LogP contribution in [0.4, 0.5) is 11.6 Å². The number of hydrogen-bond acceptors (Lipinski definition) is 9. The molecule has 0 bridgehead atoms. The summed E-state index contributed by atoms with van der Waals surface area (Å²) in [6, 6.07) is 11.2. The molecule has 1 saturated carbocycles. The third-order valence-corrected chi connectivity index (χ3v) is 8.81. The first-order valence-corrected chi connectivity index (χ1v) is 15.8. The van der Waals surface area contributed by atoms with Gasteiger partial charge in [-0.3, -0.25) is 14.5 Å². The van der Waals surface area contributed by atoms with E-state index in [0.717, 1.165) is 54.6 Å². The van der Waals surface area contributed by atoms with Gasteiger partial charge in [-0.05, 0) is 86.4 Å². The SMILES string of the molecule is COC(=O)CNC1CCC(CN(C)c2cnc(N3C(=O)Cc4cc(OC)c(OC(C)C)cc4[C@@H]3c3ccc(Cl)cc3)nc2)CC1. The molecule has 0 spiro atoms. The van der Waals surface area contributed by atoms with Crippen LogP contribution in [-0.2, 0) is 20.7 Å². The van der Waals surface area contributed by atoms with E-state index >= 15 is 0 Å². The quantitative estimate of drug-likeness (QED) is 0.279. The summed E-state index contributed by atoms with van der Waals surface area (Å²) in [7, 11) is 5.05. The Balaban J connectivity index is 1.36. The monoisotopic (exact) mass is 635 g/mol. The van der Waals surface area contributed by atoms with Crippen LogP contribution in [0.5, 0.6) is 11.5 Å². The molecule has 5 rings (SSSR count). The number of nitrogens with one attached hydrogen (secondary N) is 1. The van der Waals surface area contributed by atoms with E-state index in [1.807, 2.05) is 57.3 Å². The first-order valence-electron chi connectivity index (χ1n) is 15.4. The fourth-order valence-corrected chi connectivity index (χ4v) is 6.37. The van der Waals surface area contributed by atoms with Crippen LogP contribution in [0.25, 0.3) is 0 Å². The maximum atomic E-state index is 13.8. The number of carbonyl (C=O) groups excluding carboxylic acids is 2. The third-order valence-electron chi connectivity index (χ3n) is 8.56. The highest BCUT2D eigenvalue weighted by molar-refractivity contribution is 6.30. The molecule has 0 radical (unpaired) electrons. The molecule has 1 aliphatic heterocycles. The number of halogens is 1. The minimum atomic E-state index is -0.481. The topological polar surface area (TPSA) is 106 Å². The maximum absolute atomic E-state index is 13.8. The van der Waals surface area contributed by atoms with Crippen LogP contribution in [0, 0.1) is 5.92 Å². The molecule has 0 unspecified atom stereocenters. The van der Waals surface area contributed by atoms with Crippen molar-refractivity contribution in [2.75, 3.05) is 44.2 Å². The maximum Gasteiger partial charge on any atom is 0.319 e. The molecule has 1 aliphatic carbocycles. The Morgan fingerprint density at radius 2 is 1.76 bits per heavy atom. The summed E-state index contributed by atoms with van der Waals surface area (Å²) in [6.45, 7) is 5.05. The fourth-order valence-electron chi connectivity index (χ4n) is 6.24. The molecule has 11 heteroatoms. The molecular formula is C34H42ClN5O5. The van der Waals surface area contributed by atoms with Crippen molar-refractivity contribution >= 4 is 35.1 Å². The molecule has 2 aliphatic rings. The van der Waals surface area contributed by atoms with Crippen LogP contribution < -0.4 is 24.6 Å². The summed E-state index contributed by atoms with van der Waals surface area (Å²) in [5, 5.41) is 3.91. The standard InChI is InChI=1S/C34H42ClN5O5/c1-21(2)45-30-16-28-24(14-29(30)43-4)15-31(41)40(33(28)23-8-10-25(35)11-9-23)34-37-17-27(18-38-34)39(3)20-22-6-12-26(13-7-22)36-19-32(42)44-5/h8-11,14,16-18,21-22,26,33,36H,6-7,12-13,15,19-20H2,1-5H3/t22?,26?,33-/m0/s1. The molecule has 240 valence electrons. The van der Waals surface area contributed by atoms with E-state index in [2.05, 4.69) is 10.2 Å². The van der Waals surface area contributed by atoms with Gasteiger partial charge >= 0.3 is 5.97 Å². The molecule has 0 saturated heterocycles. The average Bonchev–Trinajstić information content (AvgIpc) is 3.04. The molecule has 45 heavy (non-hydrogen) atoms. The van der Waals surface area contributed by atoms with E-state index in [4.69, 9.17) is 35.8 Å². The van der Waals surface area contributed by atoms with Gasteiger partial charge in [0.05, 0.1) is 57.4 Å². The largest absolute Gasteiger partial charge is 0.493 e. The highest BCUT2D eigenvalue weighted by Gasteiger charge is 2.37. The second kappa shape index (κ2) is 14.5. The van der Waals surface area contributed by atoms with Gasteiger partial charge < -0.3 is 24.4 Å². The Hall–Kier alpha value is -3.89. The van der Waals surface area contributed by atoms with E-state index in [1.165, 1.54) is 7.11 Å². The molecular weight excluding hydrogens is 594 g/mol. The lowest BCUT2D eigenvalue weighted by molar-refractivity contribution is -0.139. The van der Waals surface area contributed by atoms with Gasteiger partial charge in [-0.1, -0.05) is 23.7 Å². The van der Waals surface area contributed by atoms with Crippen LogP contribution in [0.2, 0.25) is 5.02 Å². The van der Waals surface area contributed by atoms with E-state index in [9.17, 15) is 9.59 Å². The van der Waals surface area contributed by atoms with Crippen molar-refractivity contribution in [3.8, 4) is 11.5 Å². The number of rotatable bonds is 11. The number of benzene rings is 2. The van der Waals surface area contributed by atoms with Gasteiger partial charge in [-0.25, -0.2) is 9.97 Å². The van der Waals surface area contributed by atoms with E-state index in [1.54, 1.807) is 24.4 Å². The minimum absolute atomic E-state index is 0.0570. The number of esters is 1. The molecule has 1 aromatic heterocycles. The Kier molecular flexibility index (Phi) is 10.5. The number of aromatic nitrogens is 2. The molecule has 1 atom stereocenters. The highest BCUT2D eigenvalue weighted by Crippen LogP contribution is 2.43. The van der Waals surface area contributed by atoms with Gasteiger partial charge in [0.25, 0.3) is 0 Å². The summed E-state index contributed by atoms with van der Waals surface area (Å²) in [5.41, 5.74) is 3.57. The second-order valence-corrected chi connectivity index (χ2v) is 12.5. The van der Waals surface area contributed by atoms with Gasteiger partial charge in [-0.15, -0.1) is 0 Å². The van der Waals surface area contributed by atoms with Crippen molar-refractivity contribution in [2.45, 2.75) is 64.1 Å². The van der Waals surface area contributed by atoms with Crippen molar-refractivity contribution in [2.24, 2.45) is 5.92 Å². The van der Waals surface area contributed by atoms with Gasteiger partial charge in [0.1, 0.15) is 0 Å². The highest BCUT2D eigenvalue weighted by atomic mass is 35.5. The van der Waals surface area contributed by atoms with Crippen LogP contribution in [-0.4, -0.2) is 68.3 Å². The van der Waals surface area contributed by atoms with Crippen LogP contribution >= 0.6 is 11.6 Å². The number of amides is 1. The second-order valence-electron chi connectivity index (χ2n) is 12.1. The number of ether oxygens (including phenoxy) is 3. The predicted octanol–water partition coefficient (Wildman–Crippen LogP) is 5.36. The molecule has 3 aromatic rings. The number of methoxy groups -OCH3 is 2. The molecule has 1 fully saturated rings. The van der Waals surface area contributed by atoms with E-state index in [-0.39, 0.29) is 30.9 Å². The van der Waals surface area contributed by atoms with E-state index < -0.39 is 6.04 Å². The minimum Gasteiger partial charge on any atom is -0.493 e. The van der Waals surface area contributed by atoms with Gasteiger partial charge in [0, 0.05) is 24.7 Å². The lowest BCUT2D eigenvalue weighted by Crippen LogP contribution is -2.42. The van der Waals surface area contributed by atoms with E-state index in [0.29, 0.717) is 34.4 Å². The fraction of sp³-hybridized carbons (Fsp3) is 0.471. The number of fused-ring (bicyclic) bond motifs is 1. The average molecular weight is 636 g/mol. The Morgan fingerprint density at radius 3 is 2.38 bits per heavy atom. The summed E-state index contributed by atoms with van der Waals surface area (Å²) < 4.78 is 16.5. The van der Waals surface area contributed by atoms with Gasteiger partial charge in [0.15, 0.2) is 11.5 Å². The number of anilines is 2. The van der Waals surface area contributed by atoms with Gasteiger partial charge in [0.2, 0.25) is 11.9 Å². The van der Waals surface area contributed by atoms with Crippen LogP contribution in [0.3, 0.4) is 0 Å². The summed E-state index contributed by atoms with van der Waals surface area (Å²) in [4.78, 5) is 38.5. The van der Waals surface area contributed by atoms with Gasteiger partial charge in [-0.2, -0.15) is 0 Å². The molecule has 10 nitrogen and oxygen atoms in total. The summed E-state index contributed by atoms with van der Waals surface area (Å²) >= 11 is 6.24. The van der Waals surface area contributed by atoms with Crippen molar-refractivity contribution in [3.05, 3.63) is 70.5 Å². The summed E-state index contributed by atoms with van der Waals surface area (Å²) in [6.07, 6.45) is 7.87. The molecule has 2 heterocycles. The van der Waals surface area contributed by atoms with Crippen molar-refractivity contribution in [1.29, 1.82) is 0 Å². The molecule has 1 N–H and O–H groups in total. The zero-order valence-corrected chi connectivity index (χ0v) is 27.3. The predicted molar refractivity (Wildman–Crippen MR) is 174 cm³/mol. The van der Waals surface area contributed by atoms with Crippen LogP contribution in [0.15, 0.2) is 48.8 Å². The Morgan fingerprint density at radius 1 is 1.07 bits per heavy atom. The number of hydrogen-bond donors (Lipinski definition) is 1. The number of carbonyl (C=O) groups is 2. The molecule has 1 amide bonds. The smallest absolute Gasteiger partial charge is 0.319 e. The summed E-state index contributed by atoms with van der Waals surface area (Å²) in [5.74, 6) is 1.72. The van der Waals surface area contributed by atoms with Crippen LogP contribution in [0.1, 0.15) is 62.3 Å². The molecule has 2 aromatic carbocycles. The van der Waals surface area contributed by atoms with Crippen molar-refractivity contribution in [3.63, 3.8) is 0 Å². The zero-order chi connectivity index (χ0) is 32.1.